The number of carboxylic acids is 1. The van der Waals surface area contributed by atoms with Gasteiger partial charge in [-0.15, -0.1) is 0 Å². The molecule has 0 radical (unpaired) electrons. The van der Waals surface area contributed by atoms with Gasteiger partial charge in [-0.05, 0) is 6.42 Å². The predicted octanol–water partition coefficient (Wildman–Crippen LogP) is -0.614. The van der Waals surface area contributed by atoms with Crippen molar-refractivity contribution in [3.8, 4) is 0 Å². The summed E-state index contributed by atoms with van der Waals surface area (Å²) in [6.45, 7) is 1.59. The van der Waals surface area contributed by atoms with Crippen LogP contribution in [-0.2, 0) is 24.3 Å². The molecular weight excluding hydrogens is 264 g/mol. The summed E-state index contributed by atoms with van der Waals surface area (Å²) >= 11 is 0. The van der Waals surface area contributed by atoms with Gasteiger partial charge in [0.2, 0.25) is 0 Å². The van der Waals surface area contributed by atoms with Gasteiger partial charge in [0.25, 0.3) is 11.5 Å². The topological polar surface area (TPSA) is 106 Å². The van der Waals surface area contributed by atoms with Gasteiger partial charge >= 0.3 is 5.97 Å². The summed E-state index contributed by atoms with van der Waals surface area (Å²) in [5, 5.41) is 15.7. The second kappa shape index (κ2) is 4.19. The summed E-state index contributed by atoms with van der Waals surface area (Å²) in [6.07, 6.45) is 0.616. The molecule has 2 aromatic heterocycles. The Kier molecular flexibility index (Phi) is 2.60. The van der Waals surface area contributed by atoms with Crippen LogP contribution in [0.25, 0.3) is 5.65 Å². The van der Waals surface area contributed by atoms with Gasteiger partial charge in [-0.2, -0.15) is 9.61 Å². The lowest BCUT2D eigenvalue weighted by Crippen LogP contribution is -2.27. The smallest absolute Gasteiger partial charge is 0.323 e. The third-order valence-corrected chi connectivity index (χ3v) is 3.32. The highest BCUT2D eigenvalue weighted by Gasteiger charge is 2.29. The van der Waals surface area contributed by atoms with Gasteiger partial charge in [0.15, 0.2) is 0 Å². The van der Waals surface area contributed by atoms with Crippen LogP contribution in [-0.4, -0.2) is 31.2 Å². The van der Waals surface area contributed by atoms with Crippen LogP contribution in [0.4, 0.5) is 0 Å². The Morgan fingerprint density at radius 2 is 2.25 bits per heavy atom. The highest BCUT2D eigenvalue weighted by molar-refractivity contribution is 5.97. The van der Waals surface area contributed by atoms with Crippen LogP contribution in [0, 0.1) is 0 Å². The number of aromatic nitrogens is 3. The fourth-order valence-electron chi connectivity index (χ4n) is 2.41. The minimum Gasteiger partial charge on any atom is -0.480 e. The van der Waals surface area contributed by atoms with E-state index in [1.807, 2.05) is 6.92 Å². The molecule has 0 atom stereocenters. The lowest BCUT2D eigenvalue weighted by atomic mass is 10.2. The van der Waals surface area contributed by atoms with Gasteiger partial charge in [0.05, 0.1) is 17.8 Å². The lowest BCUT2D eigenvalue weighted by molar-refractivity contribution is -0.137. The van der Waals surface area contributed by atoms with Gasteiger partial charge in [-0.3, -0.25) is 14.4 Å². The molecule has 0 fully saturated rings. The van der Waals surface area contributed by atoms with E-state index in [4.69, 9.17) is 5.11 Å². The zero-order valence-electron chi connectivity index (χ0n) is 10.7. The second-order valence-electron chi connectivity index (χ2n) is 4.55. The van der Waals surface area contributed by atoms with E-state index in [9.17, 15) is 14.4 Å². The van der Waals surface area contributed by atoms with Gasteiger partial charge in [0, 0.05) is 6.07 Å². The Bertz CT molecular complexity index is 802. The molecule has 2 aromatic rings. The molecule has 1 aliphatic heterocycles. The summed E-state index contributed by atoms with van der Waals surface area (Å²) in [7, 11) is 0. The maximum Gasteiger partial charge on any atom is 0.323 e. The van der Waals surface area contributed by atoms with Crippen LogP contribution in [0.5, 0.6) is 0 Å². The van der Waals surface area contributed by atoms with Crippen LogP contribution in [0.3, 0.4) is 0 Å². The molecule has 0 saturated heterocycles. The van der Waals surface area contributed by atoms with E-state index in [1.54, 1.807) is 6.07 Å². The normalized spacial score (nSPS) is 13.6. The van der Waals surface area contributed by atoms with E-state index in [-0.39, 0.29) is 23.4 Å². The highest BCUT2D eigenvalue weighted by Crippen LogP contribution is 2.16. The maximum atomic E-state index is 12.3. The van der Waals surface area contributed by atoms with Crippen molar-refractivity contribution in [2.24, 2.45) is 0 Å². The Balaban J connectivity index is 2.42. The molecule has 8 heteroatoms. The average molecular weight is 276 g/mol. The van der Waals surface area contributed by atoms with Crippen LogP contribution >= 0.6 is 0 Å². The van der Waals surface area contributed by atoms with Crippen LogP contribution < -0.4 is 10.9 Å². The number of amides is 1. The number of carbonyl (C=O) groups excluding carboxylic acids is 1. The number of hydrogen-bond donors (Lipinski definition) is 2. The second-order valence-corrected chi connectivity index (χ2v) is 4.55. The highest BCUT2D eigenvalue weighted by atomic mass is 16.4. The largest absolute Gasteiger partial charge is 0.480 e. The number of rotatable bonds is 3. The molecular formula is C12H12N4O4. The quantitative estimate of drug-likeness (QED) is 0.777. The van der Waals surface area contributed by atoms with E-state index >= 15 is 0 Å². The van der Waals surface area contributed by atoms with Crippen molar-refractivity contribution in [1.29, 1.82) is 0 Å². The molecule has 0 saturated carbocycles. The molecule has 0 aliphatic carbocycles. The molecule has 3 heterocycles. The molecule has 8 nitrogen and oxygen atoms in total. The third kappa shape index (κ3) is 1.61. The van der Waals surface area contributed by atoms with Crippen molar-refractivity contribution in [2.45, 2.75) is 26.4 Å². The zero-order valence-corrected chi connectivity index (χ0v) is 10.7. The van der Waals surface area contributed by atoms with Gasteiger partial charge in [0.1, 0.15) is 17.9 Å². The number of hydrogen-bond acceptors (Lipinski definition) is 4. The number of aryl methyl sites for hydroxylation is 1. The van der Waals surface area contributed by atoms with Gasteiger partial charge in [-0.1, -0.05) is 6.92 Å². The predicted molar refractivity (Wildman–Crippen MR) is 67.6 cm³/mol. The van der Waals surface area contributed by atoms with Gasteiger partial charge in [-0.25, -0.2) is 0 Å². The summed E-state index contributed by atoms with van der Waals surface area (Å²) < 4.78 is 2.49. The van der Waals surface area contributed by atoms with Crippen molar-refractivity contribution >= 4 is 17.5 Å². The standard InChI is InChI=1S/C12H12N4O4/c1-2-6-3-8-15(5-9(17)18)10-7(4-13-11(10)19)12(20)16(8)14-6/h3H,2,4-5H2,1H3,(H,13,19)(H,17,18). The molecule has 1 aliphatic rings. The summed E-state index contributed by atoms with van der Waals surface area (Å²) in [4.78, 5) is 35.1. The van der Waals surface area contributed by atoms with E-state index in [0.717, 1.165) is 0 Å². The number of carbonyl (C=O) groups is 2. The minimum atomic E-state index is -1.09. The zero-order chi connectivity index (χ0) is 14.4. The minimum absolute atomic E-state index is 0.101. The Labute approximate surface area is 112 Å². The average Bonchev–Trinajstić information content (AvgIpc) is 2.98. The van der Waals surface area contributed by atoms with Gasteiger partial charge < -0.3 is 15.0 Å². The van der Waals surface area contributed by atoms with E-state index in [2.05, 4.69) is 10.4 Å². The first kappa shape index (κ1) is 12.4. The molecule has 20 heavy (non-hydrogen) atoms. The number of nitrogens with zero attached hydrogens (tertiary/aromatic N) is 3. The molecule has 3 rings (SSSR count). The first-order chi connectivity index (χ1) is 9.52. The van der Waals surface area contributed by atoms with Crippen molar-refractivity contribution in [2.75, 3.05) is 0 Å². The Morgan fingerprint density at radius 1 is 1.50 bits per heavy atom. The molecule has 1 amide bonds. The first-order valence-corrected chi connectivity index (χ1v) is 6.17. The van der Waals surface area contributed by atoms with Crippen LogP contribution in [0.1, 0.15) is 28.7 Å². The number of nitrogens with one attached hydrogen (secondary N) is 1. The van der Waals surface area contributed by atoms with Crippen molar-refractivity contribution in [3.05, 3.63) is 33.4 Å². The molecule has 0 aromatic carbocycles. The van der Waals surface area contributed by atoms with E-state index in [0.29, 0.717) is 17.8 Å². The SMILES string of the molecule is CCc1cc2n(CC(=O)O)c3c(c(=O)n2n1)CNC3=O. The monoisotopic (exact) mass is 276 g/mol. The number of carboxylic acid groups (broad SMARTS) is 1. The fourth-order valence-corrected chi connectivity index (χ4v) is 2.41. The third-order valence-electron chi connectivity index (χ3n) is 3.32. The summed E-state index contributed by atoms with van der Waals surface area (Å²) in [5.41, 5.74) is 0.993. The van der Waals surface area contributed by atoms with Crippen LogP contribution in [0.2, 0.25) is 0 Å². The summed E-state index contributed by atoms with van der Waals surface area (Å²) in [5.74, 6) is -1.52. The molecule has 104 valence electrons. The van der Waals surface area contributed by atoms with Crippen molar-refractivity contribution < 1.29 is 14.7 Å². The number of fused-ring (bicyclic) bond motifs is 2. The Hall–Kier alpha value is -2.64. The van der Waals surface area contributed by atoms with Crippen LogP contribution in [0.15, 0.2) is 10.9 Å². The molecule has 0 spiro atoms. The molecule has 0 bridgehead atoms. The lowest BCUT2D eigenvalue weighted by Gasteiger charge is -2.10. The van der Waals surface area contributed by atoms with Crippen molar-refractivity contribution in [3.63, 3.8) is 0 Å². The first-order valence-electron chi connectivity index (χ1n) is 6.17. The summed E-state index contributed by atoms with van der Waals surface area (Å²) in [6, 6.07) is 1.64. The maximum absolute atomic E-state index is 12.3. The van der Waals surface area contributed by atoms with E-state index < -0.39 is 18.4 Å². The van der Waals surface area contributed by atoms with Crippen molar-refractivity contribution in [1.82, 2.24) is 19.5 Å². The number of aliphatic carboxylic acids is 1. The molecule has 2 N–H and O–H groups in total. The Morgan fingerprint density at radius 3 is 2.90 bits per heavy atom. The fraction of sp³-hybridized carbons (Fsp3) is 0.333. The molecule has 0 unspecified atom stereocenters. The van der Waals surface area contributed by atoms with E-state index in [1.165, 1.54) is 9.08 Å².